The van der Waals surface area contributed by atoms with E-state index in [1.165, 1.54) is 24.8 Å². The summed E-state index contributed by atoms with van der Waals surface area (Å²) in [6.07, 6.45) is 7.74. The van der Waals surface area contributed by atoms with Gasteiger partial charge in [-0.05, 0) is 30.7 Å². The summed E-state index contributed by atoms with van der Waals surface area (Å²) in [5.41, 5.74) is 1.35. The van der Waals surface area contributed by atoms with Crippen LogP contribution in [0.2, 0.25) is 0 Å². The third kappa shape index (κ3) is 2.39. The van der Waals surface area contributed by atoms with Crippen LogP contribution in [0.3, 0.4) is 0 Å². The minimum Gasteiger partial charge on any atom is -0.488 e. The number of para-hydroxylation sites is 1. The van der Waals surface area contributed by atoms with Crippen molar-refractivity contribution in [2.24, 2.45) is 0 Å². The van der Waals surface area contributed by atoms with Crippen molar-refractivity contribution in [3.63, 3.8) is 0 Å². The van der Waals surface area contributed by atoms with Gasteiger partial charge < -0.3 is 10.1 Å². The minimum atomic E-state index is 0.321. The van der Waals surface area contributed by atoms with Gasteiger partial charge in [-0.1, -0.05) is 24.6 Å². The van der Waals surface area contributed by atoms with Crippen LogP contribution in [0.25, 0.3) is 0 Å². The molecule has 0 bridgehead atoms. The second-order valence-electron chi connectivity index (χ2n) is 5.42. The zero-order chi connectivity index (χ0) is 12.4. The number of nitrogens with one attached hydrogen (secondary N) is 1. The van der Waals surface area contributed by atoms with Gasteiger partial charge in [0.2, 0.25) is 0 Å². The van der Waals surface area contributed by atoms with Crippen LogP contribution in [0.5, 0.6) is 5.75 Å². The van der Waals surface area contributed by atoms with Crippen LogP contribution >= 0.6 is 11.8 Å². The Morgan fingerprint density at radius 1 is 1.39 bits per heavy atom. The first-order valence-corrected chi connectivity index (χ1v) is 8.04. The van der Waals surface area contributed by atoms with Crippen molar-refractivity contribution in [1.82, 2.24) is 5.32 Å². The van der Waals surface area contributed by atoms with Gasteiger partial charge in [-0.15, -0.1) is 0 Å². The Morgan fingerprint density at radius 3 is 2.89 bits per heavy atom. The molecule has 1 unspecified atom stereocenters. The molecule has 1 saturated carbocycles. The maximum atomic E-state index is 5.94. The molecule has 0 amide bonds. The highest BCUT2D eigenvalue weighted by Gasteiger charge is 2.35. The first-order chi connectivity index (χ1) is 8.81. The molecule has 1 aliphatic carbocycles. The van der Waals surface area contributed by atoms with Crippen LogP contribution in [0.1, 0.15) is 24.8 Å². The number of hydrogen-bond donors (Lipinski definition) is 1. The van der Waals surface area contributed by atoms with Gasteiger partial charge >= 0.3 is 0 Å². The van der Waals surface area contributed by atoms with Gasteiger partial charge in [0.05, 0.1) is 0 Å². The number of hydrogen-bond acceptors (Lipinski definition) is 3. The van der Waals surface area contributed by atoms with E-state index >= 15 is 0 Å². The van der Waals surface area contributed by atoms with Crippen molar-refractivity contribution in [1.29, 1.82) is 0 Å². The number of benzene rings is 1. The fraction of sp³-hybridized carbons (Fsp3) is 0.600. The van der Waals surface area contributed by atoms with E-state index < -0.39 is 0 Å². The standard InChI is InChI=1S/C15H21NOS/c1-18-15(7-4-8-15)11-16-10-13-9-12-5-2-3-6-14(12)17-13/h2-3,5-6,13,16H,4,7-11H2,1H3. The third-order valence-electron chi connectivity index (χ3n) is 4.23. The molecule has 0 aromatic heterocycles. The zero-order valence-electron chi connectivity index (χ0n) is 10.9. The Labute approximate surface area is 113 Å². The number of thioether (sulfide) groups is 1. The SMILES string of the molecule is CSC1(CNCC2Cc3ccccc3O2)CCC1. The van der Waals surface area contributed by atoms with Gasteiger partial charge in [-0.3, -0.25) is 0 Å². The molecule has 2 nitrogen and oxygen atoms in total. The molecule has 1 heterocycles. The summed E-state index contributed by atoms with van der Waals surface area (Å²) < 4.78 is 6.46. The van der Waals surface area contributed by atoms with Crippen molar-refractivity contribution in [2.45, 2.75) is 36.5 Å². The normalized spacial score (nSPS) is 24.2. The molecule has 0 saturated heterocycles. The maximum Gasteiger partial charge on any atom is 0.123 e. The van der Waals surface area contributed by atoms with Gasteiger partial charge in [-0.2, -0.15) is 11.8 Å². The smallest absolute Gasteiger partial charge is 0.123 e. The van der Waals surface area contributed by atoms with Crippen molar-refractivity contribution in [2.75, 3.05) is 19.3 Å². The van der Waals surface area contributed by atoms with Crippen LogP contribution < -0.4 is 10.1 Å². The minimum absolute atomic E-state index is 0.321. The lowest BCUT2D eigenvalue weighted by Gasteiger charge is -2.40. The monoisotopic (exact) mass is 263 g/mol. The highest BCUT2D eigenvalue weighted by atomic mass is 32.2. The second kappa shape index (κ2) is 5.14. The summed E-state index contributed by atoms with van der Waals surface area (Å²) in [6, 6.07) is 8.39. The van der Waals surface area contributed by atoms with Crippen LogP contribution in [-0.2, 0) is 6.42 Å². The molecule has 1 aromatic carbocycles. The molecule has 2 aliphatic rings. The first-order valence-electron chi connectivity index (χ1n) is 6.82. The third-order valence-corrected chi connectivity index (χ3v) is 5.65. The molecule has 3 heteroatoms. The van der Waals surface area contributed by atoms with E-state index in [1.807, 2.05) is 17.8 Å². The Balaban J connectivity index is 1.46. The fourth-order valence-electron chi connectivity index (χ4n) is 2.85. The molecule has 3 rings (SSSR count). The summed E-state index contributed by atoms with van der Waals surface area (Å²) in [6.45, 7) is 2.10. The summed E-state index contributed by atoms with van der Waals surface area (Å²) in [5, 5.41) is 3.61. The van der Waals surface area contributed by atoms with E-state index in [-0.39, 0.29) is 0 Å². The molecule has 18 heavy (non-hydrogen) atoms. The lowest BCUT2D eigenvalue weighted by molar-refractivity contribution is 0.221. The first kappa shape index (κ1) is 12.4. The van der Waals surface area contributed by atoms with Gasteiger partial charge in [0.15, 0.2) is 0 Å². The lowest BCUT2D eigenvalue weighted by atomic mass is 9.84. The number of rotatable bonds is 5. The molecule has 1 fully saturated rings. The molecule has 0 radical (unpaired) electrons. The summed E-state index contributed by atoms with van der Waals surface area (Å²) in [7, 11) is 0. The van der Waals surface area contributed by atoms with Crippen LogP contribution in [0.15, 0.2) is 24.3 Å². The van der Waals surface area contributed by atoms with Crippen LogP contribution in [0.4, 0.5) is 0 Å². The van der Waals surface area contributed by atoms with E-state index in [1.54, 1.807) is 0 Å². The van der Waals surface area contributed by atoms with Crippen molar-refractivity contribution >= 4 is 11.8 Å². The predicted octanol–water partition coefficient (Wildman–Crippen LogP) is 2.87. The van der Waals surface area contributed by atoms with Crippen molar-refractivity contribution < 1.29 is 4.74 Å². The highest BCUT2D eigenvalue weighted by Crippen LogP contribution is 2.42. The van der Waals surface area contributed by atoms with E-state index in [2.05, 4.69) is 29.8 Å². The topological polar surface area (TPSA) is 21.3 Å². The molecular formula is C15H21NOS. The summed E-state index contributed by atoms with van der Waals surface area (Å²) >= 11 is 2.03. The highest BCUT2D eigenvalue weighted by molar-refractivity contribution is 8.00. The predicted molar refractivity (Wildman–Crippen MR) is 77.5 cm³/mol. The van der Waals surface area contributed by atoms with Crippen molar-refractivity contribution in [3.05, 3.63) is 29.8 Å². The molecule has 0 spiro atoms. The average molecular weight is 263 g/mol. The van der Waals surface area contributed by atoms with E-state index in [0.717, 1.165) is 25.3 Å². The van der Waals surface area contributed by atoms with Crippen LogP contribution in [-0.4, -0.2) is 30.2 Å². The van der Waals surface area contributed by atoms with Gasteiger partial charge in [0, 0.05) is 24.3 Å². The van der Waals surface area contributed by atoms with Gasteiger partial charge in [0.1, 0.15) is 11.9 Å². The Hall–Kier alpha value is -0.670. The molecule has 1 aromatic rings. The molecular weight excluding hydrogens is 242 g/mol. The van der Waals surface area contributed by atoms with Crippen molar-refractivity contribution in [3.8, 4) is 5.75 Å². The van der Waals surface area contributed by atoms with E-state index in [9.17, 15) is 0 Å². The van der Waals surface area contributed by atoms with E-state index in [0.29, 0.717) is 10.9 Å². The van der Waals surface area contributed by atoms with E-state index in [4.69, 9.17) is 4.74 Å². The maximum absolute atomic E-state index is 5.94. The Bertz CT molecular complexity index is 386. The van der Waals surface area contributed by atoms with Gasteiger partial charge in [-0.25, -0.2) is 0 Å². The number of fused-ring (bicyclic) bond motifs is 1. The molecule has 1 atom stereocenters. The number of ether oxygens (including phenoxy) is 1. The Morgan fingerprint density at radius 2 is 2.22 bits per heavy atom. The summed E-state index contributed by atoms with van der Waals surface area (Å²) in [4.78, 5) is 0. The lowest BCUT2D eigenvalue weighted by Crippen LogP contribution is -2.45. The van der Waals surface area contributed by atoms with Gasteiger partial charge in [0.25, 0.3) is 0 Å². The Kier molecular flexibility index (Phi) is 3.53. The largest absolute Gasteiger partial charge is 0.488 e. The molecule has 1 N–H and O–H groups in total. The fourth-order valence-corrected chi connectivity index (χ4v) is 3.80. The summed E-state index contributed by atoms with van der Waals surface area (Å²) in [5.74, 6) is 1.08. The van der Waals surface area contributed by atoms with Crippen LogP contribution in [0, 0.1) is 0 Å². The average Bonchev–Trinajstić information content (AvgIpc) is 2.75. The molecule has 98 valence electrons. The zero-order valence-corrected chi connectivity index (χ0v) is 11.8. The quantitative estimate of drug-likeness (QED) is 0.882. The molecule has 1 aliphatic heterocycles. The second-order valence-corrected chi connectivity index (χ2v) is 6.70.